The van der Waals surface area contributed by atoms with Gasteiger partial charge in [-0.25, -0.2) is 0 Å². The van der Waals surface area contributed by atoms with Crippen LogP contribution in [0, 0.1) is 0 Å². The first-order valence-electron chi connectivity index (χ1n) is 4.69. The third kappa shape index (κ3) is 2.31. The molecule has 2 heteroatoms. The number of hydrogen-bond donors (Lipinski definition) is 0. The van der Waals surface area contributed by atoms with Gasteiger partial charge in [0, 0.05) is 0 Å². The molecule has 0 spiro atoms. The highest BCUT2D eigenvalue weighted by Crippen LogP contribution is 2.21. The topological polar surface area (TPSA) is 21.6 Å². The lowest BCUT2D eigenvalue weighted by atomic mass is 9.97. The van der Waals surface area contributed by atoms with Gasteiger partial charge in [-0.15, -0.1) is 0 Å². The summed E-state index contributed by atoms with van der Waals surface area (Å²) < 4.78 is 0. The Balaban J connectivity index is 1.83. The molecule has 1 aliphatic rings. The summed E-state index contributed by atoms with van der Waals surface area (Å²) in [6.07, 6.45) is 5.74. The van der Waals surface area contributed by atoms with Gasteiger partial charge in [0.2, 0.25) is 0 Å². The van der Waals surface area contributed by atoms with Crippen molar-refractivity contribution >= 4 is 6.21 Å². The molecule has 0 aromatic heterocycles. The zero-order valence-electron chi connectivity index (χ0n) is 7.52. The molecule has 1 aliphatic carbocycles. The van der Waals surface area contributed by atoms with Crippen LogP contribution in [0.15, 0.2) is 35.5 Å². The molecule has 0 N–H and O–H groups in total. The second-order valence-electron chi connectivity index (χ2n) is 3.30. The highest BCUT2D eigenvalue weighted by Gasteiger charge is 2.18. The Bertz CT molecular complexity index is 277. The van der Waals surface area contributed by atoms with Gasteiger partial charge in [-0.1, -0.05) is 35.5 Å². The van der Waals surface area contributed by atoms with Crippen LogP contribution in [0.5, 0.6) is 0 Å². The Labute approximate surface area is 78.2 Å². The second-order valence-corrected chi connectivity index (χ2v) is 3.30. The van der Waals surface area contributed by atoms with Crippen molar-refractivity contribution < 1.29 is 4.84 Å². The van der Waals surface area contributed by atoms with Gasteiger partial charge in [-0.2, -0.15) is 0 Å². The summed E-state index contributed by atoms with van der Waals surface area (Å²) in [5.41, 5.74) is 1.09. The first kappa shape index (κ1) is 8.30. The van der Waals surface area contributed by atoms with Crippen LogP contribution in [-0.4, -0.2) is 12.3 Å². The molecule has 0 unspecified atom stereocenters. The Morgan fingerprint density at radius 1 is 1.23 bits per heavy atom. The minimum absolute atomic E-state index is 0.375. The average Bonchev–Trinajstić information content (AvgIpc) is 2.11. The van der Waals surface area contributed by atoms with Crippen molar-refractivity contribution in [3.05, 3.63) is 35.9 Å². The van der Waals surface area contributed by atoms with Crippen LogP contribution in [0.4, 0.5) is 0 Å². The molecule has 0 radical (unpaired) electrons. The van der Waals surface area contributed by atoms with Gasteiger partial charge in [0.25, 0.3) is 0 Å². The highest BCUT2D eigenvalue weighted by molar-refractivity contribution is 5.78. The third-order valence-electron chi connectivity index (χ3n) is 2.26. The molecule has 1 saturated carbocycles. The average molecular weight is 175 g/mol. The van der Waals surface area contributed by atoms with E-state index in [1.54, 1.807) is 6.21 Å². The molecule has 13 heavy (non-hydrogen) atoms. The van der Waals surface area contributed by atoms with Gasteiger partial charge in [0.05, 0.1) is 6.21 Å². The van der Waals surface area contributed by atoms with Gasteiger partial charge >= 0.3 is 0 Å². The van der Waals surface area contributed by atoms with E-state index >= 15 is 0 Å². The van der Waals surface area contributed by atoms with E-state index < -0.39 is 0 Å². The summed E-state index contributed by atoms with van der Waals surface area (Å²) in [5, 5.41) is 3.94. The third-order valence-corrected chi connectivity index (χ3v) is 2.26. The lowest BCUT2D eigenvalue weighted by Crippen LogP contribution is -2.18. The summed E-state index contributed by atoms with van der Waals surface area (Å²) in [6, 6.07) is 9.99. The predicted molar refractivity (Wildman–Crippen MR) is 52.8 cm³/mol. The summed E-state index contributed by atoms with van der Waals surface area (Å²) in [6.45, 7) is 0. The van der Waals surface area contributed by atoms with Crippen molar-refractivity contribution in [1.29, 1.82) is 0 Å². The van der Waals surface area contributed by atoms with E-state index in [4.69, 9.17) is 4.84 Å². The molecule has 0 heterocycles. The maximum absolute atomic E-state index is 5.25. The first-order chi connectivity index (χ1) is 6.45. The van der Waals surface area contributed by atoms with Crippen LogP contribution in [0.25, 0.3) is 0 Å². The van der Waals surface area contributed by atoms with Crippen LogP contribution < -0.4 is 0 Å². The van der Waals surface area contributed by atoms with Crippen LogP contribution in [0.1, 0.15) is 24.8 Å². The van der Waals surface area contributed by atoms with E-state index in [1.807, 2.05) is 30.3 Å². The molecule has 1 fully saturated rings. The molecule has 1 aromatic rings. The molecule has 0 amide bonds. The number of oxime groups is 1. The fourth-order valence-electron chi connectivity index (χ4n) is 1.19. The van der Waals surface area contributed by atoms with Crippen molar-refractivity contribution in [3.8, 4) is 0 Å². The zero-order chi connectivity index (χ0) is 8.93. The van der Waals surface area contributed by atoms with E-state index in [1.165, 1.54) is 6.42 Å². The van der Waals surface area contributed by atoms with Crippen LogP contribution in [0.2, 0.25) is 0 Å². The summed E-state index contributed by atoms with van der Waals surface area (Å²) in [5.74, 6) is 0. The van der Waals surface area contributed by atoms with E-state index in [9.17, 15) is 0 Å². The highest BCUT2D eigenvalue weighted by atomic mass is 16.6. The number of benzene rings is 1. The predicted octanol–water partition coefficient (Wildman–Crippen LogP) is 2.59. The molecule has 1 aromatic carbocycles. The van der Waals surface area contributed by atoms with Gasteiger partial charge in [-0.3, -0.25) is 0 Å². The lowest BCUT2D eigenvalue weighted by molar-refractivity contribution is 0.00700. The molecular formula is C11H13NO. The fourth-order valence-corrected chi connectivity index (χ4v) is 1.19. The Hall–Kier alpha value is -1.31. The quantitative estimate of drug-likeness (QED) is 0.511. The maximum Gasteiger partial charge on any atom is 0.127 e. The van der Waals surface area contributed by atoms with Gasteiger partial charge in [0.1, 0.15) is 6.10 Å². The molecule has 0 atom stereocenters. The first-order valence-corrected chi connectivity index (χ1v) is 4.69. The fraction of sp³-hybridized carbons (Fsp3) is 0.364. The smallest absolute Gasteiger partial charge is 0.127 e. The summed E-state index contributed by atoms with van der Waals surface area (Å²) in [7, 11) is 0. The van der Waals surface area contributed by atoms with Gasteiger partial charge < -0.3 is 4.84 Å². The van der Waals surface area contributed by atoms with Crippen molar-refractivity contribution in [2.24, 2.45) is 5.16 Å². The number of nitrogens with zero attached hydrogens (tertiary/aromatic N) is 1. The maximum atomic E-state index is 5.25. The van der Waals surface area contributed by atoms with Gasteiger partial charge in [-0.05, 0) is 24.8 Å². The standard InChI is InChI=1S/C11H13NO/c1-2-5-10(6-3-1)9-12-13-11-7-4-8-11/h1-3,5-6,9,11H,4,7-8H2/b12-9+. The van der Waals surface area contributed by atoms with E-state index in [0.717, 1.165) is 18.4 Å². The molecule has 0 bridgehead atoms. The minimum atomic E-state index is 0.375. The molecule has 2 rings (SSSR count). The van der Waals surface area contributed by atoms with Crippen molar-refractivity contribution in [2.75, 3.05) is 0 Å². The van der Waals surface area contributed by atoms with E-state index in [-0.39, 0.29) is 0 Å². The molecule has 68 valence electrons. The molecule has 0 aliphatic heterocycles. The Kier molecular flexibility index (Phi) is 2.60. The van der Waals surface area contributed by atoms with Crippen molar-refractivity contribution in [3.63, 3.8) is 0 Å². The van der Waals surface area contributed by atoms with Crippen molar-refractivity contribution in [1.82, 2.24) is 0 Å². The lowest BCUT2D eigenvalue weighted by Gasteiger charge is -2.22. The van der Waals surface area contributed by atoms with Crippen LogP contribution in [-0.2, 0) is 4.84 Å². The summed E-state index contributed by atoms with van der Waals surface area (Å²) >= 11 is 0. The molecule has 2 nitrogen and oxygen atoms in total. The Morgan fingerprint density at radius 3 is 2.62 bits per heavy atom. The Morgan fingerprint density at radius 2 is 2.00 bits per heavy atom. The van der Waals surface area contributed by atoms with Crippen LogP contribution in [0.3, 0.4) is 0 Å². The minimum Gasteiger partial charge on any atom is -0.393 e. The van der Waals surface area contributed by atoms with Crippen LogP contribution >= 0.6 is 0 Å². The number of rotatable bonds is 3. The monoisotopic (exact) mass is 175 g/mol. The molecular weight excluding hydrogens is 162 g/mol. The second kappa shape index (κ2) is 4.08. The van der Waals surface area contributed by atoms with Gasteiger partial charge in [0.15, 0.2) is 0 Å². The van der Waals surface area contributed by atoms with Crippen molar-refractivity contribution in [2.45, 2.75) is 25.4 Å². The largest absolute Gasteiger partial charge is 0.393 e. The summed E-state index contributed by atoms with van der Waals surface area (Å²) in [4.78, 5) is 5.25. The zero-order valence-corrected chi connectivity index (χ0v) is 7.52. The van der Waals surface area contributed by atoms with E-state index in [0.29, 0.717) is 6.10 Å². The normalized spacial score (nSPS) is 17.2. The molecule has 0 saturated heterocycles. The van der Waals surface area contributed by atoms with E-state index in [2.05, 4.69) is 5.16 Å². The number of hydrogen-bond acceptors (Lipinski definition) is 2. The SMILES string of the molecule is C(=N\OC1CCC1)/c1ccccc1.